The van der Waals surface area contributed by atoms with Crippen LogP contribution in [-0.4, -0.2) is 22.5 Å². The number of pyridine rings is 1. The number of fused-ring (bicyclic) bond motifs is 1. The zero-order chi connectivity index (χ0) is 22.7. The summed E-state index contributed by atoms with van der Waals surface area (Å²) in [6.07, 6.45) is 3.86. The van der Waals surface area contributed by atoms with Gasteiger partial charge in [0.1, 0.15) is 5.75 Å². The van der Waals surface area contributed by atoms with Crippen molar-refractivity contribution in [3.8, 4) is 5.75 Å². The number of carbonyl (C=O) groups is 1. The highest BCUT2D eigenvalue weighted by Gasteiger charge is 2.22. The monoisotopic (exact) mass is 445 g/mol. The van der Waals surface area contributed by atoms with Gasteiger partial charge in [0.05, 0.1) is 29.8 Å². The number of benzene rings is 2. The molecule has 0 saturated heterocycles. The van der Waals surface area contributed by atoms with E-state index in [2.05, 4.69) is 37.9 Å². The molecule has 164 valence electrons. The fourth-order valence-corrected chi connectivity index (χ4v) is 4.95. The minimum absolute atomic E-state index is 0.0213. The van der Waals surface area contributed by atoms with E-state index < -0.39 is 0 Å². The summed E-state index contributed by atoms with van der Waals surface area (Å²) in [6, 6.07) is 14.0. The van der Waals surface area contributed by atoms with Gasteiger partial charge in [0.15, 0.2) is 5.13 Å². The van der Waals surface area contributed by atoms with Crippen LogP contribution in [0.2, 0.25) is 0 Å². The van der Waals surface area contributed by atoms with Crippen LogP contribution in [0.5, 0.6) is 5.75 Å². The van der Waals surface area contributed by atoms with Gasteiger partial charge in [0.2, 0.25) is 5.91 Å². The molecule has 0 saturated carbocycles. The summed E-state index contributed by atoms with van der Waals surface area (Å²) in [6.45, 7) is 9.22. The molecule has 1 amide bonds. The van der Waals surface area contributed by atoms with Gasteiger partial charge in [-0.15, -0.1) is 0 Å². The number of rotatable bonds is 7. The average Bonchev–Trinajstić information content (AvgIpc) is 3.18. The lowest BCUT2D eigenvalue weighted by atomic mass is 9.97. The SMILES string of the molecule is CCOc1ccc2nc(N(Cc3cccnc3)C(=O)Cc3c(C)cc(C)cc3C)sc2c1. The molecule has 0 atom stereocenters. The molecule has 0 aliphatic carbocycles. The van der Waals surface area contributed by atoms with Crippen LogP contribution in [0.3, 0.4) is 0 Å². The Morgan fingerprint density at radius 1 is 1.09 bits per heavy atom. The lowest BCUT2D eigenvalue weighted by molar-refractivity contribution is -0.118. The standard InChI is InChI=1S/C26H27N3O2S/c1-5-31-21-8-9-23-24(13-21)32-26(28-23)29(16-20-7-6-10-27-15-20)25(30)14-22-18(3)11-17(2)12-19(22)4/h6-13,15H,5,14,16H2,1-4H3. The van der Waals surface area contributed by atoms with Crippen molar-refractivity contribution in [1.82, 2.24) is 9.97 Å². The van der Waals surface area contributed by atoms with E-state index in [1.165, 1.54) is 16.9 Å². The van der Waals surface area contributed by atoms with Crippen molar-refractivity contribution in [2.45, 2.75) is 40.7 Å². The van der Waals surface area contributed by atoms with E-state index in [1.807, 2.05) is 37.3 Å². The van der Waals surface area contributed by atoms with E-state index in [9.17, 15) is 4.79 Å². The number of aromatic nitrogens is 2. The molecule has 0 aliphatic rings. The van der Waals surface area contributed by atoms with E-state index in [-0.39, 0.29) is 5.91 Å². The number of anilines is 1. The molecular weight excluding hydrogens is 418 g/mol. The third-order valence-electron chi connectivity index (χ3n) is 5.42. The largest absolute Gasteiger partial charge is 0.494 e. The molecule has 0 bridgehead atoms. The first-order valence-electron chi connectivity index (χ1n) is 10.7. The van der Waals surface area contributed by atoms with Gasteiger partial charge in [-0.25, -0.2) is 4.98 Å². The Balaban J connectivity index is 1.70. The van der Waals surface area contributed by atoms with E-state index in [1.54, 1.807) is 17.3 Å². The quantitative estimate of drug-likeness (QED) is 0.361. The maximum absolute atomic E-state index is 13.6. The maximum atomic E-state index is 13.6. The Bertz CT molecular complexity index is 1230. The Hall–Kier alpha value is -3.25. The van der Waals surface area contributed by atoms with Gasteiger partial charge in [-0.05, 0) is 74.2 Å². The van der Waals surface area contributed by atoms with E-state index in [0.717, 1.165) is 38.2 Å². The van der Waals surface area contributed by atoms with E-state index in [0.29, 0.717) is 24.7 Å². The summed E-state index contributed by atoms with van der Waals surface area (Å²) < 4.78 is 6.63. The number of aryl methyl sites for hydroxylation is 3. The van der Waals surface area contributed by atoms with Crippen molar-refractivity contribution in [3.63, 3.8) is 0 Å². The van der Waals surface area contributed by atoms with Gasteiger partial charge in [-0.3, -0.25) is 14.7 Å². The highest BCUT2D eigenvalue weighted by Crippen LogP contribution is 2.33. The first-order chi connectivity index (χ1) is 15.4. The van der Waals surface area contributed by atoms with Gasteiger partial charge >= 0.3 is 0 Å². The van der Waals surface area contributed by atoms with Gasteiger partial charge in [0, 0.05) is 12.4 Å². The van der Waals surface area contributed by atoms with Gasteiger partial charge in [-0.2, -0.15) is 0 Å². The molecule has 0 unspecified atom stereocenters. The van der Waals surface area contributed by atoms with Gasteiger partial charge in [-0.1, -0.05) is 35.1 Å². The fraction of sp³-hybridized carbons (Fsp3) is 0.269. The minimum atomic E-state index is 0.0213. The lowest BCUT2D eigenvalue weighted by Gasteiger charge is -2.21. The number of amides is 1. The summed E-state index contributed by atoms with van der Waals surface area (Å²) in [7, 11) is 0. The predicted octanol–water partition coefficient (Wildman–Crippen LogP) is 5.79. The molecule has 2 aromatic heterocycles. The highest BCUT2D eigenvalue weighted by molar-refractivity contribution is 7.22. The van der Waals surface area contributed by atoms with Crippen molar-refractivity contribution < 1.29 is 9.53 Å². The highest BCUT2D eigenvalue weighted by atomic mass is 32.1. The molecule has 2 aromatic carbocycles. The second-order valence-electron chi connectivity index (χ2n) is 7.95. The second kappa shape index (κ2) is 9.49. The van der Waals surface area contributed by atoms with Crippen LogP contribution >= 0.6 is 11.3 Å². The maximum Gasteiger partial charge on any atom is 0.233 e. The van der Waals surface area contributed by atoms with Crippen LogP contribution in [0.15, 0.2) is 54.9 Å². The molecule has 0 spiro atoms. The Morgan fingerprint density at radius 3 is 2.56 bits per heavy atom. The second-order valence-corrected chi connectivity index (χ2v) is 8.96. The molecule has 32 heavy (non-hydrogen) atoms. The van der Waals surface area contributed by atoms with Crippen LogP contribution in [-0.2, 0) is 17.8 Å². The summed E-state index contributed by atoms with van der Waals surface area (Å²) >= 11 is 1.51. The molecule has 6 heteroatoms. The fourth-order valence-electron chi connectivity index (χ4n) is 3.94. The first-order valence-corrected chi connectivity index (χ1v) is 11.6. The lowest BCUT2D eigenvalue weighted by Crippen LogP contribution is -2.32. The van der Waals surface area contributed by atoms with Crippen LogP contribution in [0.4, 0.5) is 5.13 Å². The van der Waals surface area contributed by atoms with E-state index in [4.69, 9.17) is 9.72 Å². The smallest absolute Gasteiger partial charge is 0.233 e. The number of carbonyl (C=O) groups excluding carboxylic acids is 1. The zero-order valence-corrected chi connectivity index (χ0v) is 19.7. The Labute approximate surface area is 192 Å². The number of hydrogen-bond donors (Lipinski definition) is 0. The van der Waals surface area contributed by atoms with Gasteiger partial charge < -0.3 is 4.74 Å². The number of hydrogen-bond acceptors (Lipinski definition) is 5. The summed E-state index contributed by atoms with van der Waals surface area (Å²) in [5.41, 5.74) is 6.40. The molecule has 0 radical (unpaired) electrons. The van der Waals surface area contributed by atoms with E-state index >= 15 is 0 Å². The van der Waals surface area contributed by atoms with Crippen molar-refractivity contribution in [1.29, 1.82) is 0 Å². The van der Waals surface area contributed by atoms with Crippen LogP contribution < -0.4 is 9.64 Å². The first kappa shape index (κ1) is 22.0. The van der Waals surface area contributed by atoms with Crippen LogP contribution in [0.25, 0.3) is 10.2 Å². The zero-order valence-electron chi connectivity index (χ0n) is 18.9. The Morgan fingerprint density at radius 2 is 1.88 bits per heavy atom. The summed E-state index contributed by atoms with van der Waals surface area (Å²) in [5.74, 6) is 0.833. The minimum Gasteiger partial charge on any atom is -0.494 e. The van der Waals surface area contributed by atoms with Gasteiger partial charge in [0.25, 0.3) is 0 Å². The van der Waals surface area contributed by atoms with Crippen molar-refractivity contribution >= 4 is 32.6 Å². The normalized spacial score (nSPS) is 11.0. The average molecular weight is 446 g/mol. The molecule has 5 nitrogen and oxygen atoms in total. The van der Waals surface area contributed by atoms with Crippen LogP contribution in [0, 0.1) is 20.8 Å². The molecule has 4 aromatic rings. The topological polar surface area (TPSA) is 55.3 Å². The molecule has 0 aliphatic heterocycles. The number of ether oxygens (including phenoxy) is 1. The molecule has 0 N–H and O–H groups in total. The predicted molar refractivity (Wildman–Crippen MR) is 131 cm³/mol. The van der Waals surface area contributed by atoms with Crippen molar-refractivity contribution in [2.24, 2.45) is 0 Å². The van der Waals surface area contributed by atoms with Crippen molar-refractivity contribution in [3.05, 3.63) is 82.7 Å². The summed E-state index contributed by atoms with van der Waals surface area (Å²) in [4.78, 5) is 24.4. The Kier molecular flexibility index (Phi) is 6.51. The van der Waals surface area contributed by atoms with Crippen LogP contribution in [0.1, 0.15) is 34.7 Å². The molecular formula is C26H27N3O2S. The molecule has 2 heterocycles. The molecule has 4 rings (SSSR count). The number of nitrogens with zero attached hydrogens (tertiary/aromatic N) is 3. The third kappa shape index (κ3) is 4.81. The molecule has 0 fully saturated rings. The summed E-state index contributed by atoms with van der Waals surface area (Å²) in [5, 5.41) is 0.685. The number of thiazole rings is 1. The van der Waals surface area contributed by atoms with Crippen molar-refractivity contribution in [2.75, 3.05) is 11.5 Å². The third-order valence-corrected chi connectivity index (χ3v) is 6.46.